The largest absolute Gasteiger partial charge is 0.326 e. The van der Waals surface area contributed by atoms with E-state index in [0.29, 0.717) is 13.1 Å². The number of amides is 1. The molecule has 1 amide bonds. The number of nitrogens with one attached hydrogen (secondary N) is 2. The molecule has 0 saturated carbocycles. The summed E-state index contributed by atoms with van der Waals surface area (Å²) in [5.41, 5.74) is 0.157. The van der Waals surface area contributed by atoms with Crippen molar-refractivity contribution >= 4 is 11.6 Å². The van der Waals surface area contributed by atoms with Gasteiger partial charge in [-0.3, -0.25) is 4.79 Å². The summed E-state index contributed by atoms with van der Waals surface area (Å²) in [6.07, 6.45) is 0. The van der Waals surface area contributed by atoms with Crippen LogP contribution < -0.4 is 10.6 Å². The molecule has 1 aliphatic heterocycles. The number of halogens is 2. The Hall–Kier alpha value is -1.49. The highest BCUT2D eigenvalue weighted by atomic mass is 19.1. The van der Waals surface area contributed by atoms with E-state index in [1.807, 2.05) is 0 Å². The van der Waals surface area contributed by atoms with Crippen molar-refractivity contribution in [1.82, 2.24) is 5.32 Å². The molecule has 0 atom stereocenters. The Morgan fingerprint density at radius 1 is 1.27 bits per heavy atom. The maximum absolute atomic E-state index is 12.8. The molecular formula is C10H10F2N2O. The van der Waals surface area contributed by atoms with Crippen molar-refractivity contribution in [3.8, 4) is 0 Å². The van der Waals surface area contributed by atoms with Crippen LogP contribution in [0.15, 0.2) is 18.2 Å². The highest BCUT2D eigenvalue weighted by Crippen LogP contribution is 2.14. The maximum atomic E-state index is 12.8. The average molecular weight is 212 g/mol. The maximum Gasteiger partial charge on any atom is 0.230 e. The monoisotopic (exact) mass is 212 g/mol. The van der Waals surface area contributed by atoms with E-state index >= 15 is 0 Å². The van der Waals surface area contributed by atoms with Gasteiger partial charge in [0.2, 0.25) is 5.91 Å². The Bertz CT molecular complexity index is 371. The van der Waals surface area contributed by atoms with Crippen molar-refractivity contribution in [2.75, 3.05) is 18.4 Å². The molecule has 1 saturated heterocycles. The minimum atomic E-state index is -0.697. The van der Waals surface area contributed by atoms with Crippen molar-refractivity contribution in [3.63, 3.8) is 0 Å². The van der Waals surface area contributed by atoms with Crippen LogP contribution in [0.25, 0.3) is 0 Å². The van der Waals surface area contributed by atoms with Gasteiger partial charge < -0.3 is 10.6 Å². The summed E-state index contributed by atoms with van der Waals surface area (Å²) < 4.78 is 25.5. The number of benzene rings is 1. The van der Waals surface area contributed by atoms with E-state index in [0.717, 1.165) is 18.2 Å². The zero-order valence-electron chi connectivity index (χ0n) is 7.89. The highest BCUT2D eigenvalue weighted by molar-refractivity contribution is 5.93. The molecule has 15 heavy (non-hydrogen) atoms. The molecule has 0 radical (unpaired) electrons. The van der Waals surface area contributed by atoms with Crippen molar-refractivity contribution < 1.29 is 13.6 Å². The van der Waals surface area contributed by atoms with Gasteiger partial charge in [0.15, 0.2) is 0 Å². The Kier molecular flexibility index (Phi) is 2.64. The van der Waals surface area contributed by atoms with Gasteiger partial charge in [-0.05, 0) is 12.1 Å². The normalized spacial score (nSPS) is 15.9. The van der Waals surface area contributed by atoms with Crippen LogP contribution in [0, 0.1) is 17.6 Å². The van der Waals surface area contributed by atoms with Crippen LogP contribution in [0.3, 0.4) is 0 Å². The van der Waals surface area contributed by atoms with Crippen LogP contribution in [0.1, 0.15) is 0 Å². The minimum Gasteiger partial charge on any atom is -0.326 e. The molecule has 1 aromatic rings. The van der Waals surface area contributed by atoms with Gasteiger partial charge in [0.05, 0.1) is 5.92 Å². The van der Waals surface area contributed by atoms with E-state index < -0.39 is 11.6 Å². The van der Waals surface area contributed by atoms with Crippen LogP contribution in [0.4, 0.5) is 14.5 Å². The molecule has 3 nitrogen and oxygen atoms in total. The molecule has 80 valence electrons. The number of hydrogen-bond acceptors (Lipinski definition) is 2. The van der Waals surface area contributed by atoms with E-state index in [1.165, 1.54) is 0 Å². The van der Waals surface area contributed by atoms with E-state index in [9.17, 15) is 13.6 Å². The molecule has 1 heterocycles. The zero-order valence-corrected chi connectivity index (χ0v) is 7.89. The van der Waals surface area contributed by atoms with Crippen molar-refractivity contribution in [2.45, 2.75) is 0 Å². The van der Waals surface area contributed by atoms with E-state index in [2.05, 4.69) is 10.6 Å². The fraction of sp³-hybridized carbons (Fsp3) is 0.300. The fourth-order valence-corrected chi connectivity index (χ4v) is 1.34. The fourth-order valence-electron chi connectivity index (χ4n) is 1.34. The van der Waals surface area contributed by atoms with Gasteiger partial charge in [0, 0.05) is 24.8 Å². The number of carbonyl (C=O) groups is 1. The second-order valence-electron chi connectivity index (χ2n) is 3.50. The Labute approximate surface area is 85.5 Å². The van der Waals surface area contributed by atoms with Gasteiger partial charge in [-0.1, -0.05) is 0 Å². The van der Waals surface area contributed by atoms with Crippen molar-refractivity contribution in [3.05, 3.63) is 29.8 Å². The topological polar surface area (TPSA) is 41.1 Å². The average Bonchev–Trinajstić information content (AvgIpc) is 1.96. The molecule has 0 spiro atoms. The molecule has 1 aliphatic rings. The smallest absolute Gasteiger partial charge is 0.230 e. The lowest BCUT2D eigenvalue weighted by molar-refractivity contribution is -0.121. The number of hydrogen-bond donors (Lipinski definition) is 2. The van der Waals surface area contributed by atoms with Crippen molar-refractivity contribution in [1.29, 1.82) is 0 Å². The molecular weight excluding hydrogens is 202 g/mol. The Morgan fingerprint density at radius 3 is 2.33 bits per heavy atom. The third-order valence-corrected chi connectivity index (χ3v) is 2.28. The van der Waals surface area contributed by atoms with Gasteiger partial charge in [-0.2, -0.15) is 0 Å². The first-order valence-electron chi connectivity index (χ1n) is 4.63. The summed E-state index contributed by atoms with van der Waals surface area (Å²) in [5.74, 6) is -1.70. The van der Waals surface area contributed by atoms with Gasteiger partial charge >= 0.3 is 0 Å². The molecule has 0 bridgehead atoms. The van der Waals surface area contributed by atoms with E-state index in [1.54, 1.807) is 0 Å². The first kappa shape index (κ1) is 10.0. The highest BCUT2D eigenvalue weighted by Gasteiger charge is 2.24. The minimum absolute atomic E-state index is 0.101. The second kappa shape index (κ2) is 3.94. The Morgan fingerprint density at radius 2 is 1.87 bits per heavy atom. The molecule has 1 fully saturated rings. The molecule has 2 rings (SSSR count). The summed E-state index contributed by atoms with van der Waals surface area (Å²) in [6.45, 7) is 1.23. The van der Waals surface area contributed by atoms with Gasteiger partial charge in [0.25, 0.3) is 0 Å². The van der Waals surface area contributed by atoms with E-state index in [4.69, 9.17) is 0 Å². The molecule has 0 unspecified atom stereocenters. The van der Waals surface area contributed by atoms with E-state index in [-0.39, 0.29) is 17.5 Å². The summed E-state index contributed by atoms with van der Waals surface area (Å²) in [5, 5.41) is 5.41. The number of anilines is 1. The zero-order chi connectivity index (χ0) is 10.8. The Balaban J connectivity index is 2.06. The van der Waals surface area contributed by atoms with Crippen molar-refractivity contribution in [2.24, 2.45) is 5.92 Å². The van der Waals surface area contributed by atoms with Gasteiger partial charge in [-0.15, -0.1) is 0 Å². The first-order valence-corrected chi connectivity index (χ1v) is 4.63. The lowest BCUT2D eigenvalue weighted by atomic mass is 10.0. The van der Waals surface area contributed by atoms with Crippen LogP contribution in [0.2, 0.25) is 0 Å². The second-order valence-corrected chi connectivity index (χ2v) is 3.50. The van der Waals surface area contributed by atoms with Crippen LogP contribution in [-0.2, 0) is 4.79 Å². The predicted molar refractivity (Wildman–Crippen MR) is 51.3 cm³/mol. The van der Waals surface area contributed by atoms with Gasteiger partial charge in [-0.25, -0.2) is 8.78 Å². The SMILES string of the molecule is O=C(Nc1cc(F)cc(F)c1)C1CNC1. The van der Waals surface area contributed by atoms with Crippen LogP contribution in [0.5, 0.6) is 0 Å². The third-order valence-electron chi connectivity index (χ3n) is 2.28. The summed E-state index contributed by atoms with van der Waals surface area (Å²) in [4.78, 5) is 11.4. The molecule has 5 heteroatoms. The lowest BCUT2D eigenvalue weighted by Crippen LogP contribution is -2.48. The first-order chi connectivity index (χ1) is 7.15. The summed E-state index contributed by atoms with van der Waals surface area (Å²) in [7, 11) is 0. The lowest BCUT2D eigenvalue weighted by Gasteiger charge is -2.25. The predicted octanol–water partition coefficient (Wildman–Crippen LogP) is 1.12. The third kappa shape index (κ3) is 2.30. The molecule has 2 N–H and O–H groups in total. The quantitative estimate of drug-likeness (QED) is 0.771. The summed E-state index contributed by atoms with van der Waals surface area (Å²) >= 11 is 0. The van der Waals surface area contributed by atoms with Crippen LogP contribution >= 0.6 is 0 Å². The summed E-state index contributed by atoms with van der Waals surface area (Å²) in [6, 6.07) is 2.95. The standard InChI is InChI=1S/C10H10F2N2O/c11-7-1-8(12)3-9(2-7)14-10(15)6-4-13-5-6/h1-3,6,13H,4-5H2,(H,14,15). The molecule has 1 aromatic carbocycles. The number of rotatable bonds is 2. The van der Waals surface area contributed by atoms with Crippen LogP contribution in [-0.4, -0.2) is 19.0 Å². The molecule has 0 aliphatic carbocycles. The number of carbonyl (C=O) groups excluding carboxylic acids is 1. The van der Waals surface area contributed by atoms with Gasteiger partial charge in [0.1, 0.15) is 11.6 Å². The molecule has 0 aromatic heterocycles.